The van der Waals surface area contributed by atoms with Gasteiger partial charge in [-0.15, -0.1) is 11.3 Å². The molecule has 9 nitrogen and oxygen atoms in total. The number of thiazole rings is 1. The number of hydrogen-bond donors (Lipinski definition) is 3. The van der Waals surface area contributed by atoms with Crippen LogP contribution >= 0.6 is 11.3 Å². The maximum Gasteiger partial charge on any atom is 0.433 e. The molecule has 0 bridgehead atoms. The minimum Gasteiger partial charge on any atom is -0.480 e. The number of rotatable bonds is 5. The summed E-state index contributed by atoms with van der Waals surface area (Å²) in [7, 11) is 0. The Labute approximate surface area is 194 Å². The van der Waals surface area contributed by atoms with E-state index in [1.54, 1.807) is 25.1 Å². The number of aliphatic hydroxyl groups is 1. The molecule has 1 aromatic carbocycles. The van der Waals surface area contributed by atoms with Crippen LogP contribution in [0, 0.1) is 6.92 Å². The monoisotopic (exact) mass is 493 g/mol. The summed E-state index contributed by atoms with van der Waals surface area (Å²) in [6.07, 6.45) is -3.11. The third-order valence-corrected chi connectivity index (χ3v) is 6.11. The van der Waals surface area contributed by atoms with Crippen molar-refractivity contribution in [3.05, 3.63) is 52.9 Å². The van der Waals surface area contributed by atoms with E-state index in [1.165, 1.54) is 6.20 Å². The molecule has 0 spiro atoms. The zero-order chi connectivity index (χ0) is 24.6. The summed E-state index contributed by atoms with van der Waals surface area (Å²) in [6.45, 7) is 1.69. The number of likely N-dealkylation sites (tertiary alicyclic amines) is 1. The van der Waals surface area contributed by atoms with Crippen LogP contribution in [-0.4, -0.2) is 60.6 Å². The lowest BCUT2D eigenvalue weighted by molar-refractivity contribution is -0.142. The lowest BCUT2D eigenvalue weighted by Crippen LogP contribution is -2.40. The molecule has 3 heterocycles. The molecule has 3 aromatic rings. The van der Waals surface area contributed by atoms with Gasteiger partial charge in [0.05, 0.1) is 11.0 Å². The highest BCUT2D eigenvalue weighted by molar-refractivity contribution is 7.17. The van der Waals surface area contributed by atoms with Crippen LogP contribution in [0.1, 0.15) is 27.5 Å². The Bertz CT molecular complexity index is 1250. The predicted molar refractivity (Wildman–Crippen MR) is 116 cm³/mol. The molecule has 1 fully saturated rings. The van der Waals surface area contributed by atoms with Crippen LogP contribution in [-0.2, 0) is 11.0 Å². The van der Waals surface area contributed by atoms with Gasteiger partial charge >= 0.3 is 12.1 Å². The van der Waals surface area contributed by atoms with Gasteiger partial charge in [0.15, 0.2) is 5.01 Å². The molecule has 2 unspecified atom stereocenters. The molecule has 2 aromatic heterocycles. The van der Waals surface area contributed by atoms with Gasteiger partial charge in [-0.1, -0.05) is 6.07 Å². The highest BCUT2D eigenvalue weighted by Gasteiger charge is 2.40. The first-order valence-corrected chi connectivity index (χ1v) is 10.8. The molecule has 1 amide bonds. The Morgan fingerprint density at radius 3 is 2.71 bits per heavy atom. The summed E-state index contributed by atoms with van der Waals surface area (Å²) in [6, 6.07) is 4.80. The third kappa shape index (κ3) is 4.99. The van der Waals surface area contributed by atoms with E-state index in [0.29, 0.717) is 16.1 Å². The number of hydrogen-bond acceptors (Lipinski definition) is 8. The molecule has 1 aliphatic heterocycles. The molecule has 3 N–H and O–H groups in total. The third-order valence-electron chi connectivity index (χ3n) is 5.08. The topological polar surface area (TPSA) is 129 Å². The van der Waals surface area contributed by atoms with Crippen molar-refractivity contribution in [1.82, 2.24) is 19.9 Å². The van der Waals surface area contributed by atoms with Crippen LogP contribution in [0.25, 0.3) is 10.4 Å². The normalized spacial score (nSPS) is 18.2. The number of aryl methyl sites for hydroxylation is 1. The largest absolute Gasteiger partial charge is 0.480 e. The van der Waals surface area contributed by atoms with Crippen molar-refractivity contribution in [3.63, 3.8) is 0 Å². The highest BCUT2D eigenvalue weighted by Crippen LogP contribution is 2.32. The number of benzene rings is 1. The zero-order valence-corrected chi connectivity index (χ0v) is 18.4. The molecule has 0 radical (unpaired) electrons. The first kappa shape index (κ1) is 23.6. The van der Waals surface area contributed by atoms with E-state index in [0.717, 1.165) is 34.1 Å². The molecule has 34 heavy (non-hydrogen) atoms. The minimum atomic E-state index is -4.60. The smallest absolute Gasteiger partial charge is 0.433 e. The SMILES string of the molecule is Cc1cc(Nc2nccc(C(F)(F)F)n2)cc(-c2cnc(C(=O)N3CC(O)CC3C(=O)O)s2)c1. The fraction of sp³-hybridized carbons (Fsp3) is 0.286. The molecule has 0 saturated carbocycles. The first-order chi connectivity index (χ1) is 16.0. The van der Waals surface area contributed by atoms with Crippen molar-refractivity contribution < 1.29 is 33.0 Å². The number of carbonyl (C=O) groups is 2. The number of amides is 1. The Morgan fingerprint density at radius 1 is 1.24 bits per heavy atom. The second-order valence-corrected chi connectivity index (χ2v) is 8.74. The van der Waals surface area contributed by atoms with Crippen LogP contribution in [0.2, 0.25) is 0 Å². The van der Waals surface area contributed by atoms with Gasteiger partial charge in [-0.25, -0.2) is 19.7 Å². The van der Waals surface area contributed by atoms with E-state index in [-0.39, 0.29) is 23.9 Å². The number of alkyl halides is 3. The summed E-state index contributed by atoms with van der Waals surface area (Å²) < 4.78 is 38.8. The zero-order valence-electron chi connectivity index (χ0n) is 17.6. The maximum absolute atomic E-state index is 12.9. The first-order valence-electron chi connectivity index (χ1n) is 9.98. The van der Waals surface area contributed by atoms with Crippen molar-refractivity contribution in [2.24, 2.45) is 0 Å². The predicted octanol–water partition coefficient (Wildman–Crippen LogP) is 3.33. The van der Waals surface area contributed by atoms with E-state index in [4.69, 9.17) is 0 Å². The highest BCUT2D eigenvalue weighted by atomic mass is 32.1. The van der Waals surface area contributed by atoms with Crippen LogP contribution in [0.3, 0.4) is 0 Å². The van der Waals surface area contributed by atoms with Crippen molar-refractivity contribution in [3.8, 4) is 10.4 Å². The number of β-amino-alcohol motifs (C(OH)–C–C–N with tert-alkyl or cyclic N) is 1. The van der Waals surface area contributed by atoms with Gasteiger partial charge in [0.25, 0.3) is 5.91 Å². The average molecular weight is 493 g/mol. The summed E-state index contributed by atoms with van der Waals surface area (Å²) in [5.74, 6) is -2.02. The van der Waals surface area contributed by atoms with Gasteiger partial charge in [-0.3, -0.25) is 4.79 Å². The van der Waals surface area contributed by atoms with E-state index >= 15 is 0 Å². The van der Waals surface area contributed by atoms with Crippen molar-refractivity contribution in [1.29, 1.82) is 0 Å². The molecule has 4 rings (SSSR count). The maximum atomic E-state index is 12.9. The van der Waals surface area contributed by atoms with Crippen LogP contribution in [0.5, 0.6) is 0 Å². The number of anilines is 2. The number of aromatic nitrogens is 3. The van der Waals surface area contributed by atoms with Gasteiger partial charge in [-0.2, -0.15) is 13.2 Å². The van der Waals surface area contributed by atoms with Crippen LogP contribution in [0.4, 0.5) is 24.8 Å². The number of aliphatic carboxylic acids is 1. The summed E-state index contributed by atoms with van der Waals surface area (Å²) in [5, 5.41) is 21.9. The minimum absolute atomic E-state index is 0.0518. The Morgan fingerprint density at radius 2 is 2.00 bits per heavy atom. The molecule has 0 aliphatic carbocycles. The van der Waals surface area contributed by atoms with Crippen molar-refractivity contribution >= 4 is 34.8 Å². The summed E-state index contributed by atoms with van der Waals surface area (Å²) >= 11 is 1.04. The second kappa shape index (κ2) is 8.99. The molecule has 2 atom stereocenters. The Kier molecular flexibility index (Phi) is 6.23. The van der Waals surface area contributed by atoms with Gasteiger partial charge in [0.1, 0.15) is 11.7 Å². The summed E-state index contributed by atoms with van der Waals surface area (Å²) in [5.41, 5.74) is 0.781. The second-order valence-electron chi connectivity index (χ2n) is 7.71. The van der Waals surface area contributed by atoms with Gasteiger partial charge in [0, 0.05) is 31.0 Å². The van der Waals surface area contributed by atoms with Crippen molar-refractivity contribution in [2.45, 2.75) is 31.7 Å². The molecule has 178 valence electrons. The molecule has 13 heteroatoms. The van der Waals surface area contributed by atoms with Crippen molar-refractivity contribution in [2.75, 3.05) is 11.9 Å². The lowest BCUT2D eigenvalue weighted by Gasteiger charge is -2.19. The number of aliphatic hydroxyl groups excluding tert-OH is 1. The van der Waals surface area contributed by atoms with Crippen LogP contribution in [0.15, 0.2) is 36.7 Å². The quantitative estimate of drug-likeness (QED) is 0.494. The Hall–Kier alpha value is -3.58. The number of nitrogens with one attached hydrogen (secondary N) is 1. The van der Waals surface area contributed by atoms with E-state index in [1.807, 2.05) is 0 Å². The number of nitrogens with zero attached hydrogens (tertiary/aromatic N) is 4. The number of carboxylic acids is 1. The van der Waals surface area contributed by atoms with E-state index in [2.05, 4.69) is 20.3 Å². The Balaban J connectivity index is 1.57. The average Bonchev–Trinajstić information content (AvgIpc) is 3.40. The molecule has 1 aliphatic rings. The van der Waals surface area contributed by atoms with Gasteiger partial charge < -0.3 is 20.4 Å². The van der Waals surface area contributed by atoms with Gasteiger partial charge in [0.2, 0.25) is 5.95 Å². The fourth-order valence-corrected chi connectivity index (χ4v) is 4.46. The molecular formula is C21H18F3N5O4S. The summed E-state index contributed by atoms with van der Waals surface area (Å²) in [4.78, 5) is 37.4. The number of carbonyl (C=O) groups excluding carboxylic acids is 1. The van der Waals surface area contributed by atoms with Crippen LogP contribution < -0.4 is 5.32 Å². The van der Waals surface area contributed by atoms with E-state index < -0.39 is 35.9 Å². The fourth-order valence-electron chi connectivity index (χ4n) is 3.61. The number of carboxylic acid groups (broad SMARTS) is 1. The molecule has 1 saturated heterocycles. The van der Waals surface area contributed by atoms with Gasteiger partial charge in [-0.05, 0) is 36.2 Å². The van der Waals surface area contributed by atoms with E-state index in [9.17, 15) is 33.0 Å². The molecular weight excluding hydrogens is 475 g/mol. The number of halogens is 3. The lowest BCUT2D eigenvalue weighted by atomic mass is 10.1. The standard InChI is InChI=1S/C21H18F3N5O4S/c1-10-4-11(6-12(5-10)27-20-25-3-2-16(28-20)21(22,23)24)15-8-26-17(34-15)18(31)29-9-13(30)7-14(29)19(32)33/h2-6,8,13-14,30H,7,9H2,1H3,(H,32,33)(H,25,27,28).